The predicted molar refractivity (Wildman–Crippen MR) is 132 cm³/mol. The van der Waals surface area contributed by atoms with Crippen molar-refractivity contribution in [3.63, 3.8) is 0 Å². The van der Waals surface area contributed by atoms with Gasteiger partial charge in [-0.2, -0.15) is 10.4 Å². The van der Waals surface area contributed by atoms with E-state index in [0.717, 1.165) is 46.5 Å². The maximum atomic E-state index is 12.9. The highest BCUT2D eigenvalue weighted by molar-refractivity contribution is 6.06. The Balaban J connectivity index is 1.35. The third kappa shape index (κ3) is 3.94. The SMILES string of the molecule is Cc1nc2c(C#N)cnn2c(C)c1CCC(=O)Nc1ccc(N2CCCCC2)c2ccncc12. The van der Waals surface area contributed by atoms with E-state index in [1.165, 1.54) is 31.1 Å². The molecule has 172 valence electrons. The average Bonchev–Trinajstić information content (AvgIpc) is 3.27. The first-order valence-electron chi connectivity index (χ1n) is 11.7. The van der Waals surface area contributed by atoms with Crippen LogP contribution < -0.4 is 10.2 Å². The number of rotatable bonds is 5. The Morgan fingerprint density at radius 1 is 1.12 bits per heavy atom. The van der Waals surface area contributed by atoms with Gasteiger partial charge in [-0.25, -0.2) is 9.50 Å². The third-order valence-corrected chi connectivity index (χ3v) is 6.70. The normalized spacial score (nSPS) is 13.9. The fraction of sp³-hybridized carbons (Fsp3) is 0.346. The molecule has 0 spiro atoms. The van der Waals surface area contributed by atoms with Gasteiger partial charge in [0.05, 0.1) is 11.9 Å². The number of hydrogen-bond donors (Lipinski definition) is 1. The van der Waals surface area contributed by atoms with Crippen molar-refractivity contribution in [3.8, 4) is 6.07 Å². The maximum absolute atomic E-state index is 12.9. The minimum Gasteiger partial charge on any atom is -0.371 e. The first kappa shape index (κ1) is 21.8. The Morgan fingerprint density at radius 2 is 1.94 bits per heavy atom. The zero-order chi connectivity index (χ0) is 23.7. The predicted octanol–water partition coefficient (Wildman–Crippen LogP) is 4.33. The number of hydrogen-bond acceptors (Lipinski definition) is 6. The number of piperidine rings is 1. The van der Waals surface area contributed by atoms with E-state index < -0.39 is 0 Å². The van der Waals surface area contributed by atoms with Crippen LogP contribution in [0.5, 0.6) is 0 Å². The number of nitriles is 1. The average molecular weight is 454 g/mol. The molecule has 1 saturated heterocycles. The summed E-state index contributed by atoms with van der Waals surface area (Å²) in [5.41, 5.74) is 5.68. The van der Waals surface area contributed by atoms with Gasteiger partial charge in [0.1, 0.15) is 11.6 Å². The number of aromatic nitrogens is 4. The first-order valence-corrected chi connectivity index (χ1v) is 11.7. The van der Waals surface area contributed by atoms with Crippen molar-refractivity contribution in [2.24, 2.45) is 0 Å². The lowest BCUT2D eigenvalue weighted by atomic mass is 10.0. The van der Waals surface area contributed by atoms with E-state index >= 15 is 0 Å². The van der Waals surface area contributed by atoms with Gasteiger partial charge in [-0.05, 0) is 63.3 Å². The molecule has 34 heavy (non-hydrogen) atoms. The molecule has 5 rings (SSSR count). The number of pyridine rings is 1. The minimum absolute atomic E-state index is 0.0621. The standard InChI is InChI=1S/C26H27N7O/c1-17-20(18(2)33-26(30-17)19(14-27)15-29-33)6-9-25(34)31-23-7-8-24(32-12-4-3-5-13-32)21-10-11-28-16-22(21)23/h7-8,10-11,15-16H,3-6,9,12-13H2,1-2H3,(H,31,34). The van der Waals surface area contributed by atoms with Gasteiger partial charge in [0.25, 0.3) is 0 Å². The molecule has 1 aliphatic rings. The van der Waals surface area contributed by atoms with Crippen molar-refractivity contribution >= 4 is 33.7 Å². The summed E-state index contributed by atoms with van der Waals surface area (Å²) in [5, 5.41) is 18.7. The van der Waals surface area contributed by atoms with Crippen molar-refractivity contribution in [1.82, 2.24) is 19.6 Å². The van der Waals surface area contributed by atoms with Crippen molar-refractivity contribution in [1.29, 1.82) is 5.26 Å². The molecule has 1 amide bonds. The monoisotopic (exact) mass is 453 g/mol. The maximum Gasteiger partial charge on any atom is 0.224 e. The molecule has 0 aliphatic carbocycles. The number of amides is 1. The Bertz CT molecular complexity index is 1430. The summed E-state index contributed by atoms with van der Waals surface area (Å²) in [4.78, 5) is 24.2. The van der Waals surface area contributed by atoms with Crippen LogP contribution >= 0.6 is 0 Å². The quantitative estimate of drug-likeness (QED) is 0.483. The van der Waals surface area contributed by atoms with Crippen LogP contribution in [0, 0.1) is 25.2 Å². The van der Waals surface area contributed by atoms with Gasteiger partial charge in [0.2, 0.25) is 5.91 Å². The smallest absolute Gasteiger partial charge is 0.224 e. The highest BCUT2D eigenvalue weighted by Crippen LogP contribution is 2.33. The molecule has 3 aromatic heterocycles. The lowest BCUT2D eigenvalue weighted by Crippen LogP contribution is -2.29. The topological polar surface area (TPSA) is 99.2 Å². The molecule has 0 radical (unpaired) electrons. The minimum atomic E-state index is -0.0621. The van der Waals surface area contributed by atoms with Crippen molar-refractivity contribution in [2.45, 2.75) is 46.0 Å². The number of nitrogens with zero attached hydrogens (tertiary/aromatic N) is 6. The highest BCUT2D eigenvalue weighted by atomic mass is 16.1. The molecular formula is C26H27N7O. The molecule has 1 aromatic carbocycles. The molecule has 0 bridgehead atoms. The van der Waals surface area contributed by atoms with E-state index in [9.17, 15) is 10.1 Å². The molecule has 0 saturated carbocycles. The van der Waals surface area contributed by atoms with Gasteiger partial charge in [0, 0.05) is 59.8 Å². The molecule has 0 atom stereocenters. The molecule has 0 unspecified atom stereocenters. The van der Waals surface area contributed by atoms with Gasteiger partial charge in [-0.1, -0.05) is 0 Å². The number of nitrogens with one attached hydrogen (secondary N) is 1. The number of benzene rings is 1. The van der Waals surface area contributed by atoms with Crippen LogP contribution in [0.3, 0.4) is 0 Å². The van der Waals surface area contributed by atoms with Gasteiger partial charge in [-0.3, -0.25) is 9.78 Å². The van der Waals surface area contributed by atoms with E-state index in [4.69, 9.17) is 0 Å². The van der Waals surface area contributed by atoms with E-state index in [1.54, 1.807) is 4.52 Å². The molecule has 1 fully saturated rings. The first-order chi connectivity index (χ1) is 16.6. The lowest BCUT2D eigenvalue weighted by Gasteiger charge is -2.30. The molecule has 1 N–H and O–H groups in total. The summed E-state index contributed by atoms with van der Waals surface area (Å²) >= 11 is 0. The van der Waals surface area contributed by atoms with Crippen LogP contribution in [0.4, 0.5) is 11.4 Å². The summed E-state index contributed by atoms with van der Waals surface area (Å²) in [7, 11) is 0. The van der Waals surface area contributed by atoms with Crippen LogP contribution in [0.2, 0.25) is 0 Å². The molecule has 1 aliphatic heterocycles. The number of carbonyl (C=O) groups excluding carboxylic acids is 1. The number of carbonyl (C=O) groups is 1. The van der Waals surface area contributed by atoms with E-state index in [1.807, 2.05) is 38.4 Å². The Labute approximate surface area is 198 Å². The van der Waals surface area contributed by atoms with E-state index in [-0.39, 0.29) is 5.91 Å². The summed E-state index contributed by atoms with van der Waals surface area (Å²) in [5.74, 6) is -0.0621. The number of fused-ring (bicyclic) bond motifs is 2. The summed E-state index contributed by atoms with van der Waals surface area (Å²) < 4.78 is 1.68. The van der Waals surface area contributed by atoms with Crippen LogP contribution in [-0.4, -0.2) is 38.6 Å². The van der Waals surface area contributed by atoms with E-state index in [0.29, 0.717) is 24.1 Å². The Morgan fingerprint density at radius 3 is 2.74 bits per heavy atom. The van der Waals surface area contributed by atoms with Crippen LogP contribution in [0.15, 0.2) is 36.8 Å². The largest absolute Gasteiger partial charge is 0.371 e. The van der Waals surface area contributed by atoms with Crippen molar-refractivity contribution in [2.75, 3.05) is 23.3 Å². The summed E-state index contributed by atoms with van der Waals surface area (Å²) in [6, 6.07) is 8.25. The summed E-state index contributed by atoms with van der Waals surface area (Å²) in [6.45, 7) is 5.98. The Kier molecular flexibility index (Phi) is 5.84. The third-order valence-electron chi connectivity index (χ3n) is 6.70. The fourth-order valence-electron chi connectivity index (χ4n) is 4.90. The highest BCUT2D eigenvalue weighted by Gasteiger charge is 2.17. The molecule has 4 aromatic rings. The zero-order valence-electron chi connectivity index (χ0n) is 19.5. The van der Waals surface area contributed by atoms with Gasteiger partial charge in [-0.15, -0.1) is 0 Å². The molecular weight excluding hydrogens is 426 g/mol. The zero-order valence-corrected chi connectivity index (χ0v) is 19.5. The van der Waals surface area contributed by atoms with Crippen molar-refractivity contribution in [3.05, 3.63) is 59.3 Å². The lowest BCUT2D eigenvalue weighted by molar-refractivity contribution is -0.116. The summed E-state index contributed by atoms with van der Waals surface area (Å²) in [6.07, 6.45) is 9.72. The second-order valence-electron chi connectivity index (χ2n) is 8.82. The molecule has 8 nitrogen and oxygen atoms in total. The second-order valence-corrected chi connectivity index (χ2v) is 8.82. The van der Waals surface area contributed by atoms with Gasteiger partial charge in [0.15, 0.2) is 5.65 Å². The van der Waals surface area contributed by atoms with Crippen LogP contribution in [0.25, 0.3) is 16.4 Å². The van der Waals surface area contributed by atoms with E-state index in [2.05, 4.69) is 37.4 Å². The fourth-order valence-corrected chi connectivity index (χ4v) is 4.90. The van der Waals surface area contributed by atoms with Crippen LogP contribution in [0.1, 0.15) is 48.2 Å². The van der Waals surface area contributed by atoms with Crippen molar-refractivity contribution < 1.29 is 4.79 Å². The number of aryl methyl sites for hydroxylation is 2. The second kappa shape index (κ2) is 9.10. The molecule has 8 heteroatoms. The number of anilines is 2. The molecule has 4 heterocycles. The van der Waals surface area contributed by atoms with Gasteiger partial charge >= 0.3 is 0 Å². The Hall–Kier alpha value is -3.99. The van der Waals surface area contributed by atoms with Gasteiger partial charge < -0.3 is 10.2 Å². The van der Waals surface area contributed by atoms with Crippen LogP contribution in [-0.2, 0) is 11.2 Å².